The number of hydrogen-bond acceptors (Lipinski definition) is 3. The maximum Gasteiger partial charge on any atom is 0.339 e. The number of nitrogens with zero attached hydrogens (tertiary/aromatic N) is 2. The summed E-state index contributed by atoms with van der Waals surface area (Å²) in [6.45, 7) is 4.52. The molecule has 2 aromatic carbocycles. The molecule has 1 saturated heterocycles. The molecule has 2 N–H and O–H groups in total. The van der Waals surface area contributed by atoms with E-state index in [1.807, 2.05) is 62.4 Å². The third-order valence-corrected chi connectivity index (χ3v) is 4.39. The summed E-state index contributed by atoms with van der Waals surface area (Å²) < 4.78 is 0. The molecule has 0 spiro atoms. The van der Waals surface area contributed by atoms with Crippen molar-refractivity contribution in [2.45, 2.75) is 26.7 Å². The molecule has 26 heavy (non-hydrogen) atoms. The van der Waals surface area contributed by atoms with Crippen LogP contribution in [0.5, 0.6) is 0 Å². The lowest BCUT2D eigenvalue weighted by Gasteiger charge is -2.15. The number of carbonyl (C=O) groups is 2. The summed E-state index contributed by atoms with van der Waals surface area (Å²) in [5.74, 6) is 0.165. The average molecular weight is 350 g/mol. The lowest BCUT2D eigenvalue weighted by molar-refractivity contribution is -0.117. The molecule has 1 aliphatic heterocycles. The second kappa shape index (κ2) is 7.82. The molecule has 2 aromatic rings. The number of hydrogen-bond donors (Lipinski definition) is 2. The summed E-state index contributed by atoms with van der Waals surface area (Å²) >= 11 is 0. The van der Waals surface area contributed by atoms with E-state index in [4.69, 9.17) is 0 Å². The number of hydrazone groups is 1. The second-order valence-electron chi connectivity index (χ2n) is 6.27. The van der Waals surface area contributed by atoms with E-state index in [1.54, 1.807) is 4.90 Å². The highest BCUT2D eigenvalue weighted by Gasteiger charge is 2.21. The van der Waals surface area contributed by atoms with Gasteiger partial charge < -0.3 is 10.2 Å². The zero-order valence-corrected chi connectivity index (χ0v) is 15.0. The molecular formula is C20H22N4O2. The van der Waals surface area contributed by atoms with Crippen LogP contribution < -0.4 is 15.6 Å². The van der Waals surface area contributed by atoms with Gasteiger partial charge in [-0.05, 0) is 49.6 Å². The topological polar surface area (TPSA) is 73.8 Å². The van der Waals surface area contributed by atoms with Crippen molar-refractivity contribution in [1.29, 1.82) is 0 Å². The van der Waals surface area contributed by atoms with Gasteiger partial charge in [-0.2, -0.15) is 5.10 Å². The summed E-state index contributed by atoms with van der Waals surface area (Å²) in [4.78, 5) is 25.6. The Morgan fingerprint density at radius 2 is 1.85 bits per heavy atom. The maximum absolute atomic E-state index is 12.0. The third kappa shape index (κ3) is 4.08. The zero-order valence-electron chi connectivity index (χ0n) is 15.0. The van der Waals surface area contributed by atoms with Crippen LogP contribution in [0.4, 0.5) is 16.2 Å². The molecule has 3 amide bonds. The lowest BCUT2D eigenvalue weighted by atomic mass is 10.1. The summed E-state index contributed by atoms with van der Waals surface area (Å²) in [7, 11) is 0. The van der Waals surface area contributed by atoms with Crippen molar-refractivity contribution >= 4 is 29.0 Å². The van der Waals surface area contributed by atoms with Gasteiger partial charge >= 0.3 is 6.03 Å². The molecule has 0 saturated carbocycles. The minimum atomic E-state index is -0.391. The quantitative estimate of drug-likeness (QED) is 0.652. The first-order chi connectivity index (χ1) is 12.5. The van der Waals surface area contributed by atoms with E-state index < -0.39 is 6.03 Å². The van der Waals surface area contributed by atoms with Crippen molar-refractivity contribution in [3.8, 4) is 0 Å². The molecule has 0 radical (unpaired) electrons. The Morgan fingerprint density at radius 1 is 1.12 bits per heavy atom. The number of carbonyl (C=O) groups excluding carboxylic acids is 2. The minimum absolute atomic E-state index is 0.165. The highest BCUT2D eigenvalue weighted by Crippen LogP contribution is 2.21. The van der Waals surface area contributed by atoms with Crippen LogP contribution in [0.25, 0.3) is 0 Å². The number of aryl methyl sites for hydroxylation is 1. The molecular weight excluding hydrogens is 328 g/mol. The summed E-state index contributed by atoms with van der Waals surface area (Å²) in [6, 6.07) is 14.8. The maximum atomic E-state index is 12.0. The van der Waals surface area contributed by atoms with Crippen molar-refractivity contribution in [2.75, 3.05) is 16.8 Å². The van der Waals surface area contributed by atoms with Gasteiger partial charge in [0.1, 0.15) is 0 Å². The van der Waals surface area contributed by atoms with Crippen molar-refractivity contribution in [1.82, 2.24) is 5.43 Å². The lowest BCUT2D eigenvalue weighted by Crippen LogP contribution is -2.25. The van der Waals surface area contributed by atoms with Crippen molar-refractivity contribution < 1.29 is 9.59 Å². The van der Waals surface area contributed by atoms with E-state index in [2.05, 4.69) is 15.8 Å². The number of benzene rings is 2. The van der Waals surface area contributed by atoms with E-state index in [9.17, 15) is 9.59 Å². The van der Waals surface area contributed by atoms with Crippen LogP contribution in [0.3, 0.4) is 0 Å². The predicted molar refractivity (Wildman–Crippen MR) is 104 cm³/mol. The molecule has 0 bridgehead atoms. The molecule has 1 heterocycles. The predicted octanol–water partition coefficient (Wildman–Crippen LogP) is 3.67. The Labute approximate surface area is 152 Å². The fourth-order valence-corrected chi connectivity index (χ4v) is 2.87. The van der Waals surface area contributed by atoms with E-state index in [0.29, 0.717) is 12.1 Å². The van der Waals surface area contributed by atoms with Gasteiger partial charge in [0.15, 0.2) is 0 Å². The molecule has 1 fully saturated rings. The van der Waals surface area contributed by atoms with Crippen LogP contribution in [0.15, 0.2) is 53.6 Å². The Balaban J connectivity index is 1.61. The van der Waals surface area contributed by atoms with Gasteiger partial charge in [-0.25, -0.2) is 10.2 Å². The van der Waals surface area contributed by atoms with Gasteiger partial charge in [-0.1, -0.05) is 30.3 Å². The fraction of sp³-hybridized carbons (Fsp3) is 0.250. The summed E-state index contributed by atoms with van der Waals surface area (Å²) in [5.41, 5.74) is 6.70. The van der Waals surface area contributed by atoms with E-state index >= 15 is 0 Å². The Hall–Kier alpha value is -3.15. The zero-order chi connectivity index (χ0) is 18.5. The largest absolute Gasteiger partial charge is 0.339 e. The first kappa shape index (κ1) is 17.7. The van der Waals surface area contributed by atoms with E-state index in [1.165, 1.54) is 0 Å². The molecule has 0 aromatic heterocycles. The van der Waals surface area contributed by atoms with Crippen LogP contribution in [0.2, 0.25) is 0 Å². The first-order valence-electron chi connectivity index (χ1n) is 8.62. The molecule has 6 nitrogen and oxygen atoms in total. The smallest absolute Gasteiger partial charge is 0.312 e. The normalized spacial score (nSPS) is 14.5. The van der Waals surface area contributed by atoms with E-state index in [-0.39, 0.29) is 5.91 Å². The molecule has 1 aliphatic rings. The van der Waals surface area contributed by atoms with Crippen LogP contribution in [0.1, 0.15) is 30.9 Å². The molecule has 134 valence electrons. The van der Waals surface area contributed by atoms with Gasteiger partial charge in [0.05, 0.1) is 5.71 Å². The third-order valence-electron chi connectivity index (χ3n) is 4.39. The number of urea groups is 1. The molecule has 6 heteroatoms. The van der Waals surface area contributed by atoms with Crippen molar-refractivity contribution in [3.05, 3.63) is 59.7 Å². The number of anilines is 2. The van der Waals surface area contributed by atoms with Crippen molar-refractivity contribution in [3.63, 3.8) is 0 Å². The van der Waals surface area contributed by atoms with Crippen LogP contribution in [-0.2, 0) is 4.79 Å². The highest BCUT2D eigenvalue weighted by molar-refractivity contribution is 6.01. The summed E-state index contributed by atoms with van der Waals surface area (Å²) in [5, 5.41) is 6.90. The summed E-state index contributed by atoms with van der Waals surface area (Å²) in [6.07, 6.45) is 1.52. The molecule has 0 unspecified atom stereocenters. The fourth-order valence-electron chi connectivity index (χ4n) is 2.87. The Kier molecular flexibility index (Phi) is 5.31. The van der Waals surface area contributed by atoms with Crippen molar-refractivity contribution in [2.24, 2.45) is 5.10 Å². The van der Waals surface area contributed by atoms with Crippen LogP contribution in [-0.4, -0.2) is 24.2 Å². The first-order valence-corrected chi connectivity index (χ1v) is 8.62. The molecule has 0 aliphatic carbocycles. The average Bonchev–Trinajstić information content (AvgIpc) is 3.08. The number of rotatable bonds is 4. The minimum Gasteiger partial charge on any atom is -0.312 e. The van der Waals surface area contributed by atoms with E-state index in [0.717, 1.165) is 35.5 Å². The number of para-hydroxylation sites is 1. The Morgan fingerprint density at radius 3 is 2.50 bits per heavy atom. The van der Waals surface area contributed by atoms with Gasteiger partial charge in [0.25, 0.3) is 0 Å². The van der Waals surface area contributed by atoms with Gasteiger partial charge in [-0.15, -0.1) is 0 Å². The van der Waals surface area contributed by atoms with Gasteiger partial charge in [0, 0.05) is 24.3 Å². The SMILES string of the molecule is C/C(=N\NC(=O)Nc1ccccc1C)c1ccc(N2CCCC2=O)cc1. The highest BCUT2D eigenvalue weighted by atomic mass is 16.2. The monoisotopic (exact) mass is 350 g/mol. The number of amides is 3. The molecule has 0 atom stereocenters. The van der Waals surface area contributed by atoms with Crippen LogP contribution >= 0.6 is 0 Å². The number of nitrogens with one attached hydrogen (secondary N) is 2. The molecule has 3 rings (SSSR count). The standard InChI is InChI=1S/C20H22N4O2/c1-14-6-3-4-7-18(14)21-20(26)23-22-15(2)16-9-11-17(12-10-16)24-13-5-8-19(24)25/h3-4,6-7,9-12H,5,8,13H2,1-2H3,(H2,21,23,26)/b22-15+. The van der Waals surface area contributed by atoms with Gasteiger partial charge in [0.2, 0.25) is 5.91 Å². The van der Waals surface area contributed by atoms with Crippen LogP contribution in [0, 0.1) is 6.92 Å². The Bertz CT molecular complexity index is 843. The van der Waals surface area contributed by atoms with Gasteiger partial charge in [-0.3, -0.25) is 4.79 Å². The second-order valence-corrected chi connectivity index (χ2v) is 6.27.